The van der Waals surface area contributed by atoms with E-state index >= 15 is 0 Å². The van der Waals surface area contributed by atoms with Crippen molar-refractivity contribution in [1.29, 1.82) is 0 Å². The van der Waals surface area contributed by atoms with Crippen LogP contribution in [0.2, 0.25) is 0 Å². The first-order valence-electron chi connectivity index (χ1n) is 7.45. The molecule has 1 rings (SSSR count). The van der Waals surface area contributed by atoms with E-state index in [9.17, 15) is 0 Å². The smallest absolute Gasteiger partial charge is 0.0358 e. The predicted molar refractivity (Wildman–Crippen MR) is 88.9 cm³/mol. The van der Waals surface area contributed by atoms with Gasteiger partial charge in [0.05, 0.1) is 0 Å². The maximum atomic E-state index is 3.84. The molecule has 2 nitrogen and oxygen atoms in total. The third-order valence-corrected chi connectivity index (χ3v) is 3.47. The van der Waals surface area contributed by atoms with Crippen LogP contribution in [0, 0.1) is 5.92 Å². The van der Waals surface area contributed by atoms with Gasteiger partial charge >= 0.3 is 0 Å². The van der Waals surface area contributed by atoms with Crippen LogP contribution < -0.4 is 5.32 Å². The highest BCUT2D eigenvalue weighted by atomic mass is 15.1. The Labute approximate surface area is 124 Å². The Bertz CT molecular complexity index is 376. The third-order valence-electron chi connectivity index (χ3n) is 3.47. The van der Waals surface area contributed by atoms with Crippen LogP contribution in [0.25, 0.3) is 0 Å². The van der Waals surface area contributed by atoms with Crippen LogP contribution in [-0.2, 0) is 0 Å². The van der Waals surface area contributed by atoms with Crippen LogP contribution in [0.3, 0.4) is 0 Å². The molecule has 0 bridgehead atoms. The lowest BCUT2D eigenvalue weighted by molar-refractivity contribution is 0.247. The van der Waals surface area contributed by atoms with Gasteiger partial charge in [-0.05, 0) is 18.0 Å². The average molecular weight is 272 g/mol. The maximum absolute atomic E-state index is 3.84. The van der Waals surface area contributed by atoms with Gasteiger partial charge in [0.25, 0.3) is 0 Å². The minimum atomic E-state index is 0.387. The average Bonchev–Trinajstić information content (AvgIpc) is 2.46. The van der Waals surface area contributed by atoms with Crippen LogP contribution in [0.4, 0.5) is 0 Å². The Balaban J connectivity index is 2.75. The van der Waals surface area contributed by atoms with Crippen molar-refractivity contribution in [3.63, 3.8) is 0 Å². The molecule has 1 N–H and O–H groups in total. The Morgan fingerprint density at radius 2 is 1.75 bits per heavy atom. The summed E-state index contributed by atoms with van der Waals surface area (Å²) in [6, 6.07) is 11.1. The molecule has 2 atom stereocenters. The summed E-state index contributed by atoms with van der Waals surface area (Å²) in [5.74, 6) is 0.525. The molecule has 0 saturated heterocycles. The molecule has 20 heavy (non-hydrogen) atoms. The predicted octanol–water partition coefficient (Wildman–Crippen LogP) is 3.65. The molecular weight excluding hydrogens is 244 g/mol. The first kappa shape index (κ1) is 16.7. The van der Waals surface area contributed by atoms with Gasteiger partial charge in [0.15, 0.2) is 0 Å². The van der Waals surface area contributed by atoms with Crippen molar-refractivity contribution in [3.05, 3.63) is 61.2 Å². The van der Waals surface area contributed by atoms with Crippen molar-refractivity contribution >= 4 is 0 Å². The zero-order valence-electron chi connectivity index (χ0n) is 12.9. The summed E-state index contributed by atoms with van der Waals surface area (Å²) in [7, 11) is 0. The molecule has 0 heterocycles. The highest BCUT2D eigenvalue weighted by molar-refractivity contribution is 5.19. The van der Waals surface area contributed by atoms with Crippen LogP contribution in [0.1, 0.15) is 25.5 Å². The van der Waals surface area contributed by atoms with Gasteiger partial charge in [-0.1, -0.05) is 56.3 Å². The SMILES string of the molecule is C=CCN(CC=C)CC(C)C(NCC)c1ccccc1. The van der Waals surface area contributed by atoms with Crippen molar-refractivity contribution in [2.45, 2.75) is 19.9 Å². The second kappa shape index (κ2) is 9.51. The molecule has 1 aromatic carbocycles. The number of rotatable bonds is 10. The number of nitrogens with one attached hydrogen (secondary N) is 1. The molecule has 0 aliphatic heterocycles. The molecule has 1 aromatic rings. The standard InChI is InChI=1S/C18H28N2/c1-5-13-20(14-6-2)15-16(4)18(19-7-3)17-11-9-8-10-12-17/h5-6,8-12,16,18-19H,1-2,7,13-15H2,3-4H3. The van der Waals surface area contributed by atoms with E-state index in [-0.39, 0.29) is 0 Å². The first-order chi connectivity index (χ1) is 9.72. The van der Waals surface area contributed by atoms with Gasteiger partial charge in [-0.3, -0.25) is 4.90 Å². The van der Waals surface area contributed by atoms with Crippen molar-refractivity contribution in [1.82, 2.24) is 10.2 Å². The molecule has 0 aliphatic rings. The fraction of sp³-hybridized carbons (Fsp3) is 0.444. The second-order valence-electron chi connectivity index (χ2n) is 5.22. The largest absolute Gasteiger partial charge is 0.310 e. The third kappa shape index (κ3) is 5.32. The topological polar surface area (TPSA) is 15.3 Å². The molecule has 0 saturated carbocycles. The van der Waals surface area contributed by atoms with Gasteiger partial charge in [-0.2, -0.15) is 0 Å². The van der Waals surface area contributed by atoms with E-state index in [1.165, 1.54) is 5.56 Å². The highest BCUT2D eigenvalue weighted by Crippen LogP contribution is 2.22. The highest BCUT2D eigenvalue weighted by Gasteiger charge is 2.20. The van der Waals surface area contributed by atoms with E-state index in [2.05, 4.69) is 67.6 Å². The van der Waals surface area contributed by atoms with E-state index in [1.54, 1.807) is 0 Å². The van der Waals surface area contributed by atoms with Gasteiger partial charge < -0.3 is 5.32 Å². The van der Waals surface area contributed by atoms with E-state index < -0.39 is 0 Å². The van der Waals surface area contributed by atoms with Gasteiger partial charge in [-0.25, -0.2) is 0 Å². The van der Waals surface area contributed by atoms with Crippen LogP contribution >= 0.6 is 0 Å². The van der Waals surface area contributed by atoms with Crippen molar-refractivity contribution in [2.24, 2.45) is 5.92 Å². The molecular formula is C18H28N2. The van der Waals surface area contributed by atoms with E-state index in [4.69, 9.17) is 0 Å². The molecule has 0 fully saturated rings. The summed E-state index contributed by atoms with van der Waals surface area (Å²) in [5.41, 5.74) is 1.36. The molecule has 0 spiro atoms. The van der Waals surface area contributed by atoms with Crippen molar-refractivity contribution in [2.75, 3.05) is 26.2 Å². The summed E-state index contributed by atoms with van der Waals surface area (Å²) >= 11 is 0. The maximum Gasteiger partial charge on any atom is 0.0358 e. The zero-order valence-corrected chi connectivity index (χ0v) is 12.9. The molecule has 0 radical (unpaired) electrons. The normalized spacial score (nSPS) is 13.9. The molecule has 2 heteroatoms. The fourth-order valence-corrected chi connectivity index (χ4v) is 2.63. The molecule has 2 unspecified atom stereocenters. The van der Waals surface area contributed by atoms with Gasteiger partial charge in [0.1, 0.15) is 0 Å². The number of benzene rings is 1. The second-order valence-corrected chi connectivity index (χ2v) is 5.22. The van der Waals surface area contributed by atoms with E-state index in [0.717, 1.165) is 26.2 Å². The Morgan fingerprint density at radius 3 is 2.25 bits per heavy atom. The monoisotopic (exact) mass is 272 g/mol. The molecule has 0 amide bonds. The van der Waals surface area contributed by atoms with E-state index in [0.29, 0.717) is 12.0 Å². The van der Waals surface area contributed by atoms with E-state index in [1.807, 2.05) is 12.2 Å². The first-order valence-corrected chi connectivity index (χ1v) is 7.45. The Hall–Kier alpha value is -1.38. The number of hydrogen-bond donors (Lipinski definition) is 1. The summed E-state index contributed by atoms with van der Waals surface area (Å²) in [5, 5.41) is 3.61. The summed E-state index contributed by atoms with van der Waals surface area (Å²) in [4.78, 5) is 2.37. The summed E-state index contributed by atoms with van der Waals surface area (Å²) in [6.45, 7) is 16.0. The lowest BCUT2D eigenvalue weighted by atomic mass is 9.94. The minimum absolute atomic E-state index is 0.387. The number of hydrogen-bond acceptors (Lipinski definition) is 2. The summed E-state index contributed by atoms with van der Waals surface area (Å²) in [6.07, 6.45) is 3.92. The minimum Gasteiger partial charge on any atom is -0.310 e. The van der Waals surface area contributed by atoms with Crippen molar-refractivity contribution < 1.29 is 0 Å². The van der Waals surface area contributed by atoms with Gasteiger partial charge in [-0.15, -0.1) is 13.2 Å². The van der Waals surface area contributed by atoms with Crippen LogP contribution in [0.5, 0.6) is 0 Å². The number of nitrogens with zero attached hydrogens (tertiary/aromatic N) is 1. The zero-order chi connectivity index (χ0) is 14.8. The van der Waals surface area contributed by atoms with Crippen LogP contribution in [-0.4, -0.2) is 31.1 Å². The lowest BCUT2D eigenvalue weighted by Gasteiger charge is -2.30. The van der Waals surface area contributed by atoms with Gasteiger partial charge in [0, 0.05) is 25.7 Å². The molecule has 0 aromatic heterocycles. The van der Waals surface area contributed by atoms with Gasteiger partial charge in [0.2, 0.25) is 0 Å². The van der Waals surface area contributed by atoms with Crippen molar-refractivity contribution in [3.8, 4) is 0 Å². The van der Waals surface area contributed by atoms with Crippen LogP contribution in [0.15, 0.2) is 55.6 Å². The molecule has 110 valence electrons. The quantitative estimate of drug-likeness (QED) is 0.654. The molecule has 0 aliphatic carbocycles. The summed E-state index contributed by atoms with van der Waals surface area (Å²) < 4.78 is 0. The Kier molecular flexibility index (Phi) is 7.93. The Morgan fingerprint density at radius 1 is 1.15 bits per heavy atom. The fourth-order valence-electron chi connectivity index (χ4n) is 2.63. The lowest BCUT2D eigenvalue weighted by Crippen LogP contribution is -2.36.